The zero-order chi connectivity index (χ0) is 20.0. The van der Waals surface area contributed by atoms with Crippen LogP contribution in [0.1, 0.15) is 31.9 Å². The molecule has 5 nitrogen and oxygen atoms in total. The number of fused-ring (bicyclic) bond motifs is 2. The number of rotatable bonds is 4. The molecule has 0 bridgehead atoms. The lowest BCUT2D eigenvalue weighted by molar-refractivity contribution is -0.0881. The van der Waals surface area contributed by atoms with Crippen molar-refractivity contribution in [3.63, 3.8) is 0 Å². The van der Waals surface area contributed by atoms with Crippen LogP contribution in [0.3, 0.4) is 0 Å². The summed E-state index contributed by atoms with van der Waals surface area (Å²) >= 11 is 6.05. The number of halogens is 3. The summed E-state index contributed by atoms with van der Waals surface area (Å²) in [4.78, 5) is 4.32. The Morgan fingerprint density at radius 2 is 2.15 bits per heavy atom. The van der Waals surface area contributed by atoms with Gasteiger partial charge in [-0.15, -0.1) is 0 Å². The highest BCUT2D eigenvalue weighted by atomic mass is 35.5. The number of amidine groups is 1. The van der Waals surface area contributed by atoms with Crippen LogP contribution in [0.15, 0.2) is 46.1 Å². The molecule has 142 valence electrons. The van der Waals surface area contributed by atoms with E-state index in [1.807, 2.05) is 6.07 Å². The van der Waals surface area contributed by atoms with Crippen LogP contribution < -0.4 is 0 Å². The Morgan fingerprint density at radius 1 is 1.44 bits per heavy atom. The minimum atomic E-state index is -3.31. The molecule has 1 N–H and O–H groups in total. The standard InChI is InChI=1S/C19H18ClF2N3O2/c1-11(2)27-10-19(18(3,21)22)14-6-12(8-23)4-5-16(14)24-17-15(19)7-13(20)9-25(17)26/h4-7,9,11,26H,10H2,1-3H3. The van der Waals surface area contributed by atoms with Gasteiger partial charge in [0, 0.05) is 12.5 Å². The third-order valence-corrected chi connectivity index (χ3v) is 4.85. The minimum Gasteiger partial charge on any atom is -0.377 e. The lowest BCUT2D eigenvalue weighted by Gasteiger charge is -2.45. The molecular weight excluding hydrogens is 376 g/mol. The van der Waals surface area contributed by atoms with Crippen LogP contribution in [0, 0.1) is 11.3 Å². The highest BCUT2D eigenvalue weighted by molar-refractivity contribution is 6.32. The van der Waals surface area contributed by atoms with Gasteiger partial charge in [0.1, 0.15) is 5.41 Å². The molecule has 0 amide bonds. The zero-order valence-corrected chi connectivity index (χ0v) is 15.8. The normalized spacial score (nSPS) is 21.7. The highest BCUT2D eigenvalue weighted by Gasteiger charge is 2.59. The molecular formula is C19H18ClF2N3O2. The van der Waals surface area contributed by atoms with Crippen LogP contribution in [0.5, 0.6) is 0 Å². The van der Waals surface area contributed by atoms with Gasteiger partial charge >= 0.3 is 0 Å². The van der Waals surface area contributed by atoms with Gasteiger partial charge in [0.15, 0.2) is 5.84 Å². The maximum atomic E-state index is 15.2. The average molecular weight is 394 g/mol. The first kappa shape index (κ1) is 19.5. The van der Waals surface area contributed by atoms with Crippen LogP contribution in [-0.2, 0) is 10.2 Å². The first-order valence-corrected chi connectivity index (χ1v) is 8.68. The van der Waals surface area contributed by atoms with E-state index >= 15 is 8.78 Å². The van der Waals surface area contributed by atoms with Crippen molar-refractivity contribution in [3.8, 4) is 6.07 Å². The van der Waals surface area contributed by atoms with Crippen molar-refractivity contribution in [3.05, 3.63) is 52.2 Å². The Labute approximate surface area is 160 Å². The molecule has 1 aromatic carbocycles. The Kier molecular flexibility index (Phi) is 4.85. The SMILES string of the molecule is CC(C)OCC1(C(C)(F)F)C2=CC(Cl)=CN(O)C2=Nc2ccc(C#N)cc21. The van der Waals surface area contributed by atoms with Gasteiger partial charge in [-0.2, -0.15) is 5.26 Å². The Hall–Kier alpha value is -2.27. The predicted octanol–water partition coefficient (Wildman–Crippen LogP) is 4.63. The second-order valence-electron chi connectivity index (χ2n) is 6.85. The van der Waals surface area contributed by atoms with Crippen molar-refractivity contribution >= 4 is 23.1 Å². The van der Waals surface area contributed by atoms with Gasteiger partial charge in [-0.05, 0) is 43.7 Å². The molecule has 27 heavy (non-hydrogen) atoms. The fraction of sp³-hybridized carbons (Fsp3) is 0.368. The Balaban J connectivity index is 2.38. The van der Waals surface area contributed by atoms with Gasteiger partial charge in [0.2, 0.25) is 0 Å². The maximum absolute atomic E-state index is 15.2. The summed E-state index contributed by atoms with van der Waals surface area (Å²) in [5.74, 6) is -3.36. The fourth-order valence-electron chi connectivity index (χ4n) is 3.32. The quantitative estimate of drug-likeness (QED) is 0.809. The molecule has 0 aliphatic carbocycles. The van der Waals surface area contributed by atoms with Gasteiger partial charge in [-0.25, -0.2) is 18.8 Å². The molecule has 2 aliphatic rings. The summed E-state index contributed by atoms with van der Waals surface area (Å²) in [6.07, 6.45) is 2.23. The van der Waals surface area contributed by atoms with Crippen molar-refractivity contribution in [2.45, 2.75) is 38.2 Å². The van der Waals surface area contributed by atoms with Crippen molar-refractivity contribution in [2.24, 2.45) is 4.99 Å². The number of hydroxylamine groups is 2. The number of aliphatic imine (C=N–C) groups is 1. The summed E-state index contributed by atoms with van der Waals surface area (Å²) in [7, 11) is 0. The molecule has 0 spiro atoms. The van der Waals surface area contributed by atoms with E-state index in [1.165, 1.54) is 30.5 Å². The summed E-state index contributed by atoms with van der Waals surface area (Å²) in [5, 5.41) is 20.2. The largest absolute Gasteiger partial charge is 0.377 e. The molecule has 3 rings (SSSR count). The molecule has 0 radical (unpaired) electrons. The van der Waals surface area contributed by atoms with E-state index in [2.05, 4.69) is 4.99 Å². The number of ether oxygens (including phenoxy) is 1. The Bertz CT molecular complexity index is 913. The molecule has 1 atom stereocenters. The van der Waals surface area contributed by atoms with E-state index in [1.54, 1.807) is 13.8 Å². The van der Waals surface area contributed by atoms with Gasteiger partial charge < -0.3 is 4.74 Å². The molecule has 0 fully saturated rings. The molecule has 1 unspecified atom stereocenters. The summed E-state index contributed by atoms with van der Waals surface area (Å²) in [6.45, 7) is 3.90. The van der Waals surface area contributed by atoms with Gasteiger partial charge in [-0.1, -0.05) is 11.6 Å². The van der Waals surface area contributed by atoms with Gasteiger partial charge in [0.25, 0.3) is 5.92 Å². The van der Waals surface area contributed by atoms with E-state index in [9.17, 15) is 10.5 Å². The van der Waals surface area contributed by atoms with Crippen LogP contribution in [0.25, 0.3) is 0 Å². The molecule has 2 heterocycles. The van der Waals surface area contributed by atoms with Crippen molar-refractivity contribution in [1.29, 1.82) is 5.26 Å². The topological polar surface area (TPSA) is 68.8 Å². The van der Waals surface area contributed by atoms with E-state index in [0.29, 0.717) is 5.06 Å². The molecule has 8 heteroatoms. The van der Waals surface area contributed by atoms with Crippen molar-refractivity contribution in [2.75, 3.05) is 6.61 Å². The number of allylic oxidation sites excluding steroid dienone is 2. The van der Waals surface area contributed by atoms with Crippen molar-refractivity contribution in [1.82, 2.24) is 5.06 Å². The molecule has 0 aromatic heterocycles. The number of hydrogen-bond acceptors (Lipinski definition) is 5. The first-order chi connectivity index (χ1) is 12.6. The van der Waals surface area contributed by atoms with Crippen LogP contribution in [0.4, 0.5) is 14.5 Å². The molecule has 0 saturated carbocycles. The summed E-state index contributed by atoms with van der Waals surface area (Å²) in [6, 6.07) is 6.34. The number of alkyl halides is 2. The number of hydrogen-bond donors (Lipinski definition) is 1. The second-order valence-corrected chi connectivity index (χ2v) is 7.29. The summed E-state index contributed by atoms with van der Waals surface area (Å²) < 4.78 is 36.1. The lowest BCUT2D eigenvalue weighted by Crippen LogP contribution is -2.54. The zero-order valence-electron chi connectivity index (χ0n) is 15.0. The number of benzene rings is 1. The molecule has 1 aromatic rings. The lowest BCUT2D eigenvalue weighted by atomic mass is 9.66. The Morgan fingerprint density at radius 3 is 2.74 bits per heavy atom. The smallest absolute Gasteiger partial charge is 0.261 e. The molecule has 0 saturated heterocycles. The van der Waals surface area contributed by atoms with E-state index in [-0.39, 0.29) is 46.0 Å². The van der Waals surface area contributed by atoms with Gasteiger partial charge in [0.05, 0.1) is 41.3 Å². The van der Waals surface area contributed by atoms with Crippen LogP contribution in [-0.4, -0.2) is 34.7 Å². The van der Waals surface area contributed by atoms with E-state index < -0.39 is 11.3 Å². The predicted molar refractivity (Wildman–Crippen MR) is 97.3 cm³/mol. The summed E-state index contributed by atoms with van der Waals surface area (Å²) in [5.41, 5.74) is -1.32. The van der Waals surface area contributed by atoms with Gasteiger partial charge in [-0.3, -0.25) is 5.21 Å². The monoisotopic (exact) mass is 393 g/mol. The van der Waals surface area contributed by atoms with E-state index in [4.69, 9.17) is 16.3 Å². The average Bonchev–Trinajstić information content (AvgIpc) is 2.57. The number of nitrogens with zero attached hydrogens (tertiary/aromatic N) is 3. The second kappa shape index (κ2) is 6.71. The first-order valence-electron chi connectivity index (χ1n) is 8.31. The van der Waals surface area contributed by atoms with Crippen LogP contribution >= 0.6 is 11.6 Å². The third kappa shape index (κ3) is 3.14. The van der Waals surface area contributed by atoms with E-state index in [0.717, 1.165) is 6.92 Å². The number of nitriles is 1. The fourth-order valence-corrected chi connectivity index (χ4v) is 3.52. The third-order valence-electron chi connectivity index (χ3n) is 4.64. The van der Waals surface area contributed by atoms with Crippen molar-refractivity contribution < 1.29 is 18.7 Å². The highest BCUT2D eigenvalue weighted by Crippen LogP contribution is 2.53. The molecule has 2 aliphatic heterocycles. The van der Waals surface area contributed by atoms with Crippen LogP contribution in [0.2, 0.25) is 0 Å². The minimum absolute atomic E-state index is 0.0354. The maximum Gasteiger partial charge on any atom is 0.261 e.